The lowest BCUT2D eigenvalue weighted by atomic mass is 10.2. The summed E-state index contributed by atoms with van der Waals surface area (Å²) in [6.45, 7) is 3.18. The van der Waals surface area contributed by atoms with E-state index in [9.17, 15) is 24.0 Å². The quantitative estimate of drug-likeness (QED) is 0.491. The molecule has 1 heterocycles. The van der Waals surface area contributed by atoms with E-state index in [0.717, 1.165) is 11.3 Å². The maximum atomic E-state index is 12.4. The fourth-order valence-corrected chi connectivity index (χ4v) is 2.49. The summed E-state index contributed by atoms with van der Waals surface area (Å²) < 4.78 is 0. The Morgan fingerprint density at radius 1 is 1.04 bits per heavy atom. The third kappa shape index (κ3) is 4.90. The topological polar surface area (TPSA) is 116 Å². The number of rotatable bonds is 8. The smallest absolute Gasteiger partial charge is 0.335 e. The van der Waals surface area contributed by atoms with Crippen LogP contribution in [-0.4, -0.2) is 58.6 Å². The van der Waals surface area contributed by atoms with Gasteiger partial charge in [0.1, 0.15) is 12.6 Å². The van der Waals surface area contributed by atoms with Crippen LogP contribution in [0.1, 0.15) is 25.8 Å². The van der Waals surface area contributed by atoms with Crippen LogP contribution in [0.15, 0.2) is 30.3 Å². The Morgan fingerprint density at radius 3 is 2.30 bits per heavy atom. The molecular formula is C18H22N4O5. The molecular weight excluding hydrogens is 352 g/mol. The van der Waals surface area contributed by atoms with Crippen LogP contribution in [-0.2, 0) is 25.7 Å². The number of imide groups is 2. The van der Waals surface area contributed by atoms with E-state index in [1.807, 2.05) is 6.92 Å². The molecule has 1 saturated heterocycles. The highest BCUT2D eigenvalue weighted by atomic mass is 16.2. The van der Waals surface area contributed by atoms with Crippen molar-refractivity contribution in [1.29, 1.82) is 0 Å². The molecule has 0 bridgehead atoms. The minimum atomic E-state index is -1.06. The van der Waals surface area contributed by atoms with E-state index >= 15 is 0 Å². The number of carbonyl (C=O) groups is 5. The molecule has 0 spiro atoms. The van der Waals surface area contributed by atoms with E-state index in [1.165, 1.54) is 6.92 Å². The van der Waals surface area contributed by atoms with Crippen molar-refractivity contribution in [2.75, 3.05) is 13.1 Å². The van der Waals surface area contributed by atoms with E-state index in [2.05, 4.69) is 10.6 Å². The molecule has 9 heteroatoms. The molecule has 9 nitrogen and oxygen atoms in total. The van der Waals surface area contributed by atoms with Crippen molar-refractivity contribution >= 4 is 29.7 Å². The zero-order valence-electron chi connectivity index (χ0n) is 15.2. The van der Waals surface area contributed by atoms with Crippen LogP contribution in [0.2, 0.25) is 0 Å². The Balaban J connectivity index is 1.96. The minimum absolute atomic E-state index is 0.0573. The van der Waals surface area contributed by atoms with Gasteiger partial charge in [-0.3, -0.25) is 24.1 Å². The lowest BCUT2D eigenvalue weighted by Gasteiger charge is -2.17. The van der Waals surface area contributed by atoms with Gasteiger partial charge >= 0.3 is 17.8 Å². The predicted molar refractivity (Wildman–Crippen MR) is 95.0 cm³/mol. The molecule has 1 aliphatic heterocycles. The minimum Gasteiger partial charge on any atom is -0.354 e. The van der Waals surface area contributed by atoms with Crippen molar-refractivity contribution in [3.05, 3.63) is 35.9 Å². The van der Waals surface area contributed by atoms with E-state index < -0.39 is 36.3 Å². The molecule has 6 amide bonds. The molecule has 27 heavy (non-hydrogen) atoms. The molecule has 1 atom stereocenters. The largest absolute Gasteiger partial charge is 0.354 e. The fraction of sp³-hybridized carbons (Fsp3) is 0.389. The monoisotopic (exact) mass is 374 g/mol. The molecule has 1 aromatic carbocycles. The van der Waals surface area contributed by atoms with Gasteiger partial charge in [-0.05, 0) is 18.9 Å². The van der Waals surface area contributed by atoms with Crippen LogP contribution >= 0.6 is 0 Å². The number of urea groups is 1. The highest BCUT2D eigenvalue weighted by Gasteiger charge is 2.45. The second-order valence-electron chi connectivity index (χ2n) is 6.13. The summed E-state index contributed by atoms with van der Waals surface area (Å²) in [5, 5.41) is 5.04. The van der Waals surface area contributed by atoms with Crippen molar-refractivity contribution in [3.63, 3.8) is 0 Å². The third-order valence-corrected chi connectivity index (χ3v) is 3.94. The van der Waals surface area contributed by atoms with E-state index in [1.54, 1.807) is 30.3 Å². The van der Waals surface area contributed by atoms with Gasteiger partial charge in [0.15, 0.2) is 0 Å². The van der Waals surface area contributed by atoms with Gasteiger partial charge in [-0.2, -0.15) is 0 Å². The Hall–Kier alpha value is -3.23. The lowest BCUT2D eigenvalue weighted by Crippen LogP contribution is -2.49. The fourth-order valence-electron chi connectivity index (χ4n) is 2.49. The van der Waals surface area contributed by atoms with Gasteiger partial charge < -0.3 is 10.6 Å². The van der Waals surface area contributed by atoms with Crippen molar-refractivity contribution in [2.24, 2.45) is 0 Å². The first kappa shape index (κ1) is 20.1. The van der Waals surface area contributed by atoms with E-state index in [-0.39, 0.29) is 12.5 Å². The molecule has 0 unspecified atom stereocenters. The summed E-state index contributed by atoms with van der Waals surface area (Å²) in [4.78, 5) is 61.8. The molecule has 0 aliphatic carbocycles. The van der Waals surface area contributed by atoms with E-state index in [4.69, 9.17) is 0 Å². The van der Waals surface area contributed by atoms with Crippen LogP contribution in [0.3, 0.4) is 0 Å². The lowest BCUT2D eigenvalue weighted by molar-refractivity contribution is -0.144. The number of carbonyl (C=O) groups excluding carboxylic acids is 5. The van der Waals surface area contributed by atoms with Crippen LogP contribution in [0.25, 0.3) is 0 Å². The first-order valence-electron chi connectivity index (χ1n) is 8.63. The second kappa shape index (κ2) is 8.93. The zero-order chi connectivity index (χ0) is 20.0. The van der Waals surface area contributed by atoms with Crippen molar-refractivity contribution in [3.8, 4) is 0 Å². The Morgan fingerprint density at radius 2 is 1.67 bits per heavy atom. The van der Waals surface area contributed by atoms with Gasteiger partial charge in [-0.15, -0.1) is 0 Å². The van der Waals surface area contributed by atoms with Gasteiger partial charge in [0, 0.05) is 6.54 Å². The molecule has 2 N–H and O–H groups in total. The number of benzene rings is 1. The first-order valence-corrected chi connectivity index (χ1v) is 8.63. The summed E-state index contributed by atoms with van der Waals surface area (Å²) >= 11 is 0. The molecule has 1 aliphatic rings. The molecule has 0 saturated carbocycles. The van der Waals surface area contributed by atoms with Crippen molar-refractivity contribution in [1.82, 2.24) is 20.4 Å². The van der Waals surface area contributed by atoms with Gasteiger partial charge in [0.25, 0.3) is 0 Å². The van der Waals surface area contributed by atoms with Gasteiger partial charge in [0.2, 0.25) is 11.8 Å². The maximum absolute atomic E-state index is 12.4. The number of hydrogen-bond acceptors (Lipinski definition) is 5. The predicted octanol–water partition coefficient (Wildman–Crippen LogP) is 0.00830. The molecule has 144 valence electrons. The number of amides is 6. The average molecular weight is 374 g/mol. The summed E-state index contributed by atoms with van der Waals surface area (Å²) in [5.41, 5.74) is 0.680. The molecule has 0 aromatic heterocycles. The highest BCUT2D eigenvalue weighted by Crippen LogP contribution is 2.15. The summed E-state index contributed by atoms with van der Waals surface area (Å²) in [6.07, 6.45) is 0.753. The Labute approximate surface area is 156 Å². The van der Waals surface area contributed by atoms with Gasteiger partial charge in [-0.25, -0.2) is 9.69 Å². The van der Waals surface area contributed by atoms with Gasteiger partial charge in [0.05, 0.1) is 6.54 Å². The molecule has 1 fully saturated rings. The summed E-state index contributed by atoms with van der Waals surface area (Å²) in [7, 11) is 0. The standard InChI is InChI=1S/C18H22N4O5/c1-3-9-19-15(24)12(2)20-14(23)11-22-17(26)16(25)21(18(22)27)10-13-7-5-4-6-8-13/h4-8,12H,3,9-11H2,1-2H3,(H,19,24)(H,20,23)/t12-/m1/s1. The van der Waals surface area contributed by atoms with Gasteiger partial charge in [-0.1, -0.05) is 37.3 Å². The second-order valence-corrected chi connectivity index (χ2v) is 6.13. The van der Waals surface area contributed by atoms with Crippen LogP contribution in [0, 0.1) is 0 Å². The average Bonchev–Trinajstić information content (AvgIpc) is 2.85. The molecule has 0 radical (unpaired) electrons. The Kier molecular flexibility index (Phi) is 6.64. The number of hydrogen-bond donors (Lipinski definition) is 2. The maximum Gasteiger partial charge on any atom is 0.335 e. The normalized spacial score (nSPS) is 15.1. The molecule has 1 aromatic rings. The number of nitrogens with zero attached hydrogens (tertiary/aromatic N) is 2. The SMILES string of the molecule is CCCNC(=O)[C@@H](C)NC(=O)CN1C(=O)C(=O)N(Cc2ccccc2)C1=O. The molecule has 2 rings (SSSR count). The third-order valence-electron chi connectivity index (χ3n) is 3.94. The summed E-state index contributed by atoms with van der Waals surface area (Å²) in [6, 6.07) is 7.04. The Bertz CT molecular complexity index is 749. The zero-order valence-corrected chi connectivity index (χ0v) is 15.2. The first-order chi connectivity index (χ1) is 12.8. The van der Waals surface area contributed by atoms with Crippen molar-refractivity contribution < 1.29 is 24.0 Å². The van der Waals surface area contributed by atoms with Crippen LogP contribution in [0.4, 0.5) is 4.79 Å². The summed E-state index contributed by atoms with van der Waals surface area (Å²) in [5.74, 6) is -3.11. The van der Waals surface area contributed by atoms with E-state index in [0.29, 0.717) is 17.0 Å². The number of nitrogens with one attached hydrogen (secondary N) is 2. The van der Waals surface area contributed by atoms with Crippen molar-refractivity contribution in [2.45, 2.75) is 32.9 Å². The van der Waals surface area contributed by atoms with Crippen LogP contribution < -0.4 is 10.6 Å². The van der Waals surface area contributed by atoms with Crippen LogP contribution in [0.5, 0.6) is 0 Å². The highest BCUT2D eigenvalue weighted by molar-refractivity contribution is 6.44.